The van der Waals surface area contributed by atoms with Crippen LogP contribution in [0, 0.1) is 6.92 Å². The maximum Gasteiger partial charge on any atom is 0.0645 e. The van der Waals surface area contributed by atoms with Gasteiger partial charge in [-0.15, -0.1) is 0 Å². The molecule has 94 valence electrons. The summed E-state index contributed by atoms with van der Waals surface area (Å²) in [7, 11) is 0. The van der Waals surface area contributed by atoms with Gasteiger partial charge < -0.3 is 10.6 Å². The first kappa shape index (κ1) is 12.8. The zero-order chi connectivity index (χ0) is 13.1. The van der Waals surface area contributed by atoms with Crippen LogP contribution in [0.15, 0.2) is 42.5 Å². The fourth-order valence-electron chi connectivity index (χ4n) is 2.11. The average Bonchev–Trinajstić information content (AvgIpc) is 2.34. The number of benzene rings is 2. The lowest BCUT2D eigenvalue weighted by Crippen LogP contribution is -2.18. The number of aryl methyl sites for hydroxylation is 1. The summed E-state index contributed by atoms with van der Waals surface area (Å²) >= 11 is 5.94. The number of nitrogens with two attached hydrogens (primary N) is 1. The van der Waals surface area contributed by atoms with Crippen LogP contribution >= 0.6 is 11.6 Å². The minimum atomic E-state index is 0.664. The third-order valence-electron chi connectivity index (χ3n) is 3.00. The number of hydrogen-bond donors (Lipinski definition) is 1. The molecule has 0 saturated heterocycles. The van der Waals surface area contributed by atoms with E-state index in [4.69, 9.17) is 17.3 Å². The van der Waals surface area contributed by atoms with Crippen molar-refractivity contribution in [3.05, 3.63) is 53.1 Å². The molecule has 0 amide bonds. The normalized spacial score (nSPS) is 10.4. The van der Waals surface area contributed by atoms with Gasteiger partial charge in [0.1, 0.15) is 0 Å². The molecule has 3 heteroatoms. The molecule has 18 heavy (non-hydrogen) atoms. The van der Waals surface area contributed by atoms with E-state index < -0.39 is 0 Å². The molecule has 0 aliphatic rings. The molecule has 2 aromatic rings. The standard InChI is InChI=1S/C15H17ClN2/c1-3-18(14-7-5-4-6-11(14)2)15-9-8-12(16)10-13(15)17/h4-10H,3,17H2,1-2H3. The summed E-state index contributed by atoms with van der Waals surface area (Å²) in [5.41, 5.74) is 10.2. The van der Waals surface area contributed by atoms with Gasteiger partial charge in [0.2, 0.25) is 0 Å². The second-order valence-corrected chi connectivity index (χ2v) is 4.67. The number of rotatable bonds is 3. The molecule has 0 heterocycles. The Kier molecular flexibility index (Phi) is 3.78. The summed E-state index contributed by atoms with van der Waals surface area (Å²) in [6.07, 6.45) is 0. The zero-order valence-corrected chi connectivity index (χ0v) is 11.4. The second kappa shape index (κ2) is 5.32. The van der Waals surface area contributed by atoms with Crippen molar-refractivity contribution >= 4 is 28.7 Å². The van der Waals surface area contributed by atoms with Gasteiger partial charge in [0.25, 0.3) is 0 Å². The lowest BCUT2D eigenvalue weighted by Gasteiger charge is -2.26. The molecule has 2 aromatic carbocycles. The predicted octanol–water partition coefficient (Wildman–Crippen LogP) is 4.39. The number of anilines is 3. The third kappa shape index (κ3) is 2.44. The molecule has 0 bridgehead atoms. The van der Waals surface area contributed by atoms with Gasteiger partial charge in [-0.2, -0.15) is 0 Å². The van der Waals surface area contributed by atoms with Crippen LogP contribution in [0.2, 0.25) is 5.02 Å². The molecule has 2 N–H and O–H groups in total. The van der Waals surface area contributed by atoms with Crippen molar-refractivity contribution in [1.29, 1.82) is 0 Å². The molecule has 0 saturated carbocycles. The zero-order valence-electron chi connectivity index (χ0n) is 10.7. The van der Waals surface area contributed by atoms with Crippen molar-refractivity contribution in [3.63, 3.8) is 0 Å². The lowest BCUT2D eigenvalue weighted by molar-refractivity contribution is 1.02. The quantitative estimate of drug-likeness (QED) is 0.830. The highest BCUT2D eigenvalue weighted by atomic mass is 35.5. The van der Waals surface area contributed by atoms with Crippen LogP contribution < -0.4 is 10.6 Å². The first-order chi connectivity index (χ1) is 8.63. The summed E-state index contributed by atoms with van der Waals surface area (Å²) in [5, 5.41) is 0.664. The molecular formula is C15H17ClN2. The van der Waals surface area contributed by atoms with Gasteiger partial charge in [0, 0.05) is 17.3 Å². The summed E-state index contributed by atoms with van der Waals surface area (Å²) in [6, 6.07) is 13.9. The SMILES string of the molecule is CCN(c1ccccc1C)c1ccc(Cl)cc1N. The summed E-state index contributed by atoms with van der Waals surface area (Å²) in [5.74, 6) is 0. The summed E-state index contributed by atoms with van der Waals surface area (Å²) in [6.45, 7) is 5.07. The van der Waals surface area contributed by atoms with Gasteiger partial charge in [-0.1, -0.05) is 29.8 Å². The molecule has 0 atom stereocenters. The van der Waals surface area contributed by atoms with Crippen molar-refractivity contribution in [3.8, 4) is 0 Å². The molecule has 0 radical (unpaired) electrons. The maximum absolute atomic E-state index is 6.06. The summed E-state index contributed by atoms with van der Waals surface area (Å²) in [4.78, 5) is 2.20. The Morgan fingerprint density at radius 1 is 1.11 bits per heavy atom. The Morgan fingerprint density at radius 3 is 2.44 bits per heavy atom. The number of halogens is 1. The minimum Gasteiger partial charge on any atom is -0.397 e. The van der Waals surface area contributed by atoms with E-state index in [1.807, 2.05) is 24.3 Å². The Bertz CT molecular complexity index is 552. The highest BCUT2D eigenvalue weighted by Crippen LogP contribution is 2.33. The highest BCUT2D eigenvalue weighted by molar-refractivity contribution is 6.31. The van der Waals surface area contributed by atoms with Gasteiger partial charge in [-0.25, -0.2) is 0 Å². The van der Waals surface area contributed by atoms with Gasteiger partial charge in [0.15, 0.2) is 0 Å². The largest absolute Gasteiger partial charge is 0.397 e. The molecule has 0 fully saturated rings. The smallest absolute Gasteiger partial charge is 0.0645 e. The molecule has 0 aliphatic heterocycles. The van der Waals surface area contributed by atoms with Gasteiger partial charge >= 0.3 is 0 Å². The Morgan fingerprint density at radius 2 is 1.83 bits per heavy atom. The van der Waals surface area contributed by atoms with E-state index >= 15 is 0 Å². The predicted molar refractivity (Wildman–Crippen MR) is 79.7 cm³/mol. The van der Waals surface area contributed by atoms with E-state index in [1.54, 1.807) is 6.07 Å². The van der Waals surface area contributed by atoms with E-state index in [0.29, 0.717) is 10.7 Å². The molecule has 2 nitrogen and oxygen atoms in total. The van der Waals surface area contributed by atoms with Crippen LogP contribution in [0.5, 0.6) is 0 Å². The van der Waals surface area contributed by atoms with Crippen molar-refractivity contribution in [2.24, 2.45) is 0 Å². The van der Waals surface area contributed by atoms with E-state index in [1.165, 1.54) is 11.3 Å². The monoisotopic (exact) mass is 260 g/mol. The Labute approximate surface area is 113 Å². The highest BCUT2D eigenvalue weighted by Gasteiger charge is 2.12. The van der Waals surface area contributed by atoms with E-state index in [2.05, 4.69) is 30.9 Å². The van der Waals surface area contributed by atoms with Crippen molar-refractivity contribution in [2.45, 2.75) is 13.8 Å². The van der Waals surface area contributed by atoms with Gasteiger partial charge in [-0.3, -0.25) is 0 Å². The van der Waals surface area contributed by atoms with Gasteiger partial charge in [-0.05, 0) is 43.7 Å². The van der Waals surface area contributed by atoms with Crippen molar-refractivity contribution in [1.82, 2.24) is 0 Å². The Hall–Kier alpha value is -1.67. The fourth-order valence-corrected chi connectivity index (χ4v) is 2.29. The first-order valence-electron chi connectivity index (χ1n) is 6.01. The molecule has 2 rings (SSSR count). The molecule has 0 aromatic heterocycles. The van der Waals surface area contributed by atoms with E-state index in [0.717, 1.165) is 12.2 Å². The average molecular weight is 261 g/mol. The lowest BCUT2D eigenvalue weighted by atomic mass is 10.1. The van der Waals surface area contributed by atoms with Crippen molar-refractivity contribution < 1.29 is 0 Å². The van der Waals surface area contributed by atoms with E-state index in [-0.39, 0.29) is 0 Å². The first-order valence-corrected chi connectivity index (χ1v) is 6.39. The number of nitrogen functional groups attached to an aromatic ring is 1. The third-order valence-corrected chi connectivity index (χ3v) is 3.24. The van der Waals surface area contributed by atoms with Crippen LogP contribution in [-0.4, -0.2) is 6.54 Å². The second-order valence-electron chi connectivity index (χ2n) is 4.23. The Balaban J connectivity index is 2.49. The number of para-hydroxylation sites is 1. The van der Waals surface area contributed by atoms with Crippen LogP contribution in [0.25, 0.3) is 0 Å². The van der Waals surface area contributed by atoms with Crippen molar-refractivity contribution in [2.75, 3.05) is 17.2 Å². The minimum absolute atomic E-state index is 0.664. The number of hydrogen-bond acceptors (Lipinski definition) is 2. The molecule has 0 unspecified atom stereocenters. The van der Waals surface area contributed by atoms with Crippen LogP contribution in [-0.2, 0) is 0 Å². The maximum atomic E-state index is 6.06. The topological polar surface area (TPSA) is 29.3 Å². The van der Waals surface area contributed by atoms with Gasteiger partial charge in [0.05, 0.1) is 11.4 Å². The van der Waals surface area contributed by atoms with Crippen LogP contribution in [0.4, 0.5) is 17.1 Å². The molecular weight excluding hydrogens is 244 g/mol. The van der Waals surface area contributed by atoms with Crippen LogP contribution in [0.1, 0.15) is 12.5 Å². The molecule has 0 aliphatic carbocycles. The molecule has 0 spiro atoms. The van der Waals surface area contributed by atoms with E-state index in [9.17, 15) is 0 Å². The fraction of sp³-hybridized carbons (Fsp3) is 0.200. The van der Waals surface area contributed by atoms with Crippen LogP contribution in [0.3, 0.4) is 0 Å². The summed E-state index contributed by atoms with van der Waals surface area (Å²) < 4.78 is 0. The number of nitrogens with zero attached hydrogens (tertiary/aromatic N) is 1.